The summed E-state index contributed by atoms with van der Waals surface area (Å²) < 4.78 is 11.1. The van der Waals surface area contributed by atoms with Crippen molar-refractivity contribution >= 4 is 23.6 Å². The van der Waals surface area contributed by atoms with Gasteiger partial charge in [0, 0.05) is 24.6 Å². The van der Waals surface area contributed by atoms with Gasteiger partial charge in [0.1, 0.15) is 11.6 Å². The van der Waals surface area contributed by atoms with E-state index < -0.39 is 40.0 Å². The van der Waals surface area contributed by atoms with Crippen molar-refractivity contribution in [1.82, 2.24) is 16.0 Å². The second-order valence-electron chi connectivity index (χ2n) is 12.0. The second-order valence-corrected chi connectivity index (χ2v) is 12.0. The lowest BCUT2D eigenvalue weighted by molar-refractivity contribution is -0.384. The summed E-state index contributed by atoms with van der Waals surface area (Å²) in [5, 5.41) is 19.7. The first-order valence-electron chi connectivity index (χ1n) is 14.2. The van der Waals surface area contributed by atoms with Crippen LogP contribution < -0.4 is 16.0 Å². The molecule has 0 saturated carbocycles. The molecule has 0 aromatic heterocycles. The molecule has 0 bridgehead atoms. The summed E-state index contributed by atoms with van der Waals surface area (Å²) in [5.41, 5.74) is 1.21. The summed E-state index contributed by atoms with van der Waals surface area (Å²) in [6.45, 7) is 8.93. The molecule has 3 aromatic carbocycles. The van der Waals surface area contributed by atoms with Gasteiger partial charge in [0.15, 0.2) is 0 Å². The number of nitrogens with one attached hydrogen (secondary N) is 3. The molecule has 0 aliphatic rings. The first-order valence-corrected chi connectivity index (χ1v) is 14.2. The number of rotatable bonds is 13. The predicted octanol–water partition coefficient (Wildman–Crippen LogP) is 5.27. The Labute approximate surface area is 257 Å². The van der Waals surface area contributed by atoms with Gasteiger partial charge in [-0.15, -0.1) is 0 Å². The average molecular weight is 605 g/mol. The van der Waals surface area contributed by atoms with Crippen LogP contribution in [0, 0.1) is 10.1 Å². The summed E-state index contributed by atoms with van der Waals surface area (Å²) in [6, 6.07) is 22.0. The van der Waals surface area contributed by atoms with Gasteiger partial charge in [-0.2, -0.15) is 0 Å². The van der Waals surface area contributed by atoms with E-state index in [0.29, 0.717) is 11.1 Å². The monoisotopic (exact) mass is 604 g/mol. The predicted molar refractivity (Wildman–Crippen MR) is 166 cm³/mol. The fraction of sp³-hybridized carbons (Fsp3) is 0.364. The van der Waals surface area contributed by atoms with E-state index >= 15 is 0 Å². The van der Waals surface area contributed by atoms with Crippen LogP contribution in [0.25, 0.3) is 11.1 Å². The molecule has 1 atom stereocenters. The number of hydrogen-bond acceptors (Lipinski definition) is 7. The maximum absolute atomic E-state index is 13.2. The summed E-state index contributed by atoms with van der Waals surface area (Å²) in [5.74, 6) is -0.907. The van der Waals surface area contributed by atoms with Crippen LogP contribution in [0.15, 0.2) is 78.9 Å². The third kappa shape index (κ3) is 11.1. The van der Waals surface area contributed by atoms with Crippen LogP contribution in [0.5, 0.6) is 0 Å². The number of nitro groups is 1. The van der Waals surface area contributed by atoms with Crippen LogP contribution >= 0.6 is 0 Å². The zero-order valence-electron chi connectivity index (χ0n) is 25.7. The molecule has 3 rings (SSSR count). The van der Waals surface area contributed by atoms with E-state index in [2.05, 4.69) is 16.0 Å². The van der Waals surface area contributed by atoms with Gasteiger partial charge in [-0.25, -0.2) is 4.79 Å². The van der Waals surface area contributed by atoms with Crippen molar-refractivity contribution in [2.45, 2.75) is 71.4 Å². The third-order valence-electron chi connectivity index (χ3n) is 6.32. The van der Waals surface area contributed by atoms with Crippen LogP contribution in [-0.4, -0.2) is 46.6 Å². The second kappa shape index (κ2) is 15.1. The van der Waals surface area contributed by atoms with Crippen LogP contribution in [0.4, 0.5) is 10.5 Å². The fourth-order valence-corrected chi connectivity index (χ4v) is 4.31. The Kier molecular flexibility index (Phi) is 11.6. The number of ether oxygens (including phenoxy) is 2. The number of carbonyl (C=O) groups is 3. The topological polar surface area (TPSA) is 149 Å². The molecule has 11 heteroatoms. The number of carbonyl (C=O) groups excluding carboxylic acids is 3. The molecule has 0 unspecified atom stereocenters. The first-order chi connectivity index (χ1) is 20.7. The third-order valence-corrected chi connectivity index (χ3v) is 6.32. The molecule has 0 aliphatic carbocycles. The van der Waals surface area contributed by atoms with Gasteiger partial charge >= 0.3 is 6.09 Å². The summed E-state index contributed by atoms with van der Waals surface area (Å²) >= 11 is 0. The summed E-state index contributed by atoms with van der Waals surface area (Å²) in [7, 11) is 0. The Morgan fingerprint density at radius 2 is 1.50 bits per heavy atom. The van der Waals surface area contributed by atoms with Gasteiger partial charge in [0.05, 0.1) is 23.7 Å². The molecule has 44 heavy (non-hydrogen) atoms. The van der Waals surface area contributed by atoms with Crippen molar-refractivity contribution in [3.8, 4) is 11.1 Å². The number of nitrogens with zero attached hydrogens (tertiary/aromatic N) is 1. The van der Waals surface area contributed by atoms with Crippen molar-refractivity contribution in [1.29, 1.82) is 0 Å². The van der Waals surface area contributed by atoms with Crippen molar-refractivity contribution in [2.75, 3.05) is 6.61 Å². The number of nitro benzene ring substituents is 1. The van der Waals surface area contributed by atoms with Crippen LogP contribution in [-0.2, 0) is 32.2 Å². The van der Waals surface area contributed by atoms with Gasteiger partial charge in [-0.05, 0) is 57.4 Å². The molecule has 0 aliphatic heterocycles. The Balaban J connectivity index is 1.64. The Morgan fingerprint density at radius 1 is 0.864 bits per heavy atom. The molecular weight excluding hydrogens is 564 g/mol. The molecule has 3 amide bonds. The molecule has 3 N–H and O–H groups in total. The van der Waals surface area contributed by atoms with Gasteiger partial charge in [-0.1, -0.05) is 66.7 Å². The lowest BCUT2D eigenvalue weighted by atomic mass is 10.00. The maximum Gasteiger partial charge on any atom is 0.408 e. The Bertz CT molecular complexity index is 1430. The summed E-state index contributed by atoms with van der Waals surface area (Å²) in [6.07, 6.45) is -0.759. The van der Waals surface area contributed by atoms with Gasteiger partial charge in [-0.3, -0.25) is 19.7 Å². The summed E-state index contributed by atoms with van der Waals surface area (Å²) in [4.78, 5) is 49.5. The Hall–Kier alpha value is -4.77. The molecule has 3 aromatic rings. The highest BCUT2D eigenvalue weighted by molar-refractivity contribution is 5.88. The smallest absolute Gasteiger partial charge is 0.408 e. The normalized spacial score (nSPS) is 12.1. The minimum absolute atomic E-state index is 0.00658. The van der Waals surface area contributed by atoms with E-state index in [4.69, 9.17) is 9.47 Å². The molecule has 0 spiro atoms. The minimum Gasteiger partial charge on any atom is -0.444 e. The highest BCUT2D eigenvalue weighted by Gasteiger charge is 2.29. The highest BCUT2D eigenvalue weighted by Crippen LogP contribution is 2.29. The molecule has 234 valence electrons. The largest absolute Gasteiger partial charge is 0.444 e. The molecular formula is C33H40N4O7. The average Bonchev–Trinajstić information content (AvgIpc) is 2.94. The number of amides is 3. The van der Waals surface area contributed by atoms with E-state index in [1.165, 1.54) is 6.07 Å². The van der Waals surface area contributed by atoms with E-state index in [9.17, 15) is 24.5 Å². The standard InChI is InChI=1S/C33H40N4O7/c1-32(2,3)44-31(40)36-33(4,5)19-29(38)35-27(22-43-21-24-11-7-6-8-12-24)30(39)34-20-23-15-17-25(18-16-23)26-13-9-10-14-28(26)37(41)42/h6-18,27H,19-22H2,1-5H3,(H,34,39)(H,35,38)(H,36,40)/t27-/m1/s1. The van der Waals surface area contributed by atoms with Gasteiger partial charge in [0.2, 0.25) is 11.8 Å². The zero-order valence-corrected chi connectivity index (χ0v) is 25.7. The van der Waals surface area contributed by atoms with Crippen molar-refractivity contribution in [2.24, 2.45) is 0 Å². The van der Waals surface area contributed by atoms with Gasteiger partial charge < -0.3 is 25.4 Å². The first kappa shape index (κ1) is 33.7. The Morgan fingerprint density at radius 3 is 2.14 bits per heavy atom. The molecule has 0 saturated heterocycles. The van der Waals surface area contributed by atoms with Crippen LogP contribution in [0.2, 0.25) is 0 Å². The van der Waals surface area contributed by atoms with Crippen LogP contribution in [0.1, 0.15) is 52.2 Å². The van der Waals surface area contributed by atoms with Crippen molar-refractivity contribution < 1.29 is 28.8 Å². The SMILES string of the molecule is CC(C)(CC(=O)N[C@H](COCc1ccccc1)C(=O)NCc1ccc(-c2ccccc2[N+](=O)[O-])cc1)NC(=O)OC(C)(C)C. The molecule has 0 radical (unpaired) electrons. The zero-order chi connectivity index (χ0) is 32.3. The van der Waals surface area contributed by atoms with Crippen molar-refractivity contribution in [3.63, 3.8) is 0 Å². The quantitative estimate of drug-likeness (QED) is 0.178. The van der Waals surface area contributed by atoms with E-state index in [1.807, 2.05) is 30.3 Å². The minimum atomic E-state index is -1.00. The molecule has 0 heterocycles. The van der Waals surface area contributed by atoms with E-state index in [-0.39, 0.29) is 31.9 Å². The number of alkyl carbamates (subject to hydrolysis) is 1. The van der Waals surface area contributed by atoms with E-state index in [1.54, 1.807) is 77.1 Å². The highest BCUT2D eigenvalue weighted by atomic mass is 16.6. The molecule has 11 nitrogen and oxygen atoms in total. The molecule has 0 fully saturated rings. The number of para-hydroxylation sites is 1. The van der Waals surface area contributed by atoms with Gasteiger partial charge in [0.25, 0.3) is 5.69 Å². The number of benzene rings is 3. The number of hydrogen-bond donors (Lipinski definition) is 3. The maximum atomic E-state index is 13.2. The van der Waals surface area contributed by atoms with Crippen LogP contribution in [0.3, 0.4) is 0 Å². The lowest BCUT2D eigenvalue weighted by Crippen LogP contribution is -2.53. The fourth-order valence-electron chi connectivity index (χ4n) is 4.31. The van der Waals surface area contributed by atoms with Crippen molar-refractivity contribution in [3.05, 3.63) is 100 Å². The lowest BCUT2D eigenvalue weighted by Gasteiger charge is -2.29. The van der Waals surface area contributed by atoms with E-state index in [0.717, 1.165) is 11.1 Å².